The first-order valence-corrected chi connectivity index (χ1v) is 10.7. The Kier molecular flexibility index (Phi) is 5.26. The largest absolute Gasteiger partial charge is 0.488 e. The van der Waals surface area contributed by atoms with E-state index in [9.17, 15) is 4.79 Å². The molecule has 0 atom stereocenters. The Morgan fingerprint density at radius 1 is 1.28 bits per heavy atom. The first-order chi connectivity index (χ1) is 15.6. The first kappa shape index (κ1) is 20.4. The van der Waals surface area contributed by atoms with Gasteiger partial charge in [0, 0.05) is 24.0 Å². The highest BCUT2D eigenvalue weighted by molar-refractivity contribution is 6.10. The molecule has 0 aliphatic carbocycles. The summed E-state index contributed by atoms with van der Waals surface area (Å²) in [5, 5.41) is 4.59. The molecule has 0 bridgehead atoms. The Morgan fingerprint density at radius 3 is 2.84 bits per heavy atom. The van der Waals surface area contributed by atoms with E-state index >= 15 is 0 Å². The van der Waals surface area contributed by atoms with Crippen LogP contribution >= 0.6 is 0 Å². The molecule has 0 unspecified atom stereocenters. The molecular formula is C23H25N5O4. The summed E-state index contributed by atoms with van der Waals surface area (Å²) in [6.45, 7) is 6.23. The number of ether oxygens (including phenoxy) is 3. The molecule has 3 aromatic heterocycles. The maximum Gasteiger partial charge on any atom is 0.262 e. The van der Waals surface area contributed by atoms with Gasteiger partial charge in [-0.2, -0.15) is 5.10 Å². The van der Waals surface area contributed by atoms with Crippen molar-refractivity contribution in [3.8, 4) is 22.9 Å². The molecule has 1 saturated heterocycles. The number of hydrogen-bond donors (Lipinski definition) is 0. The van der Waals surface area contributed by atoms with Gasteiger partial charge in [-0.15, -0.1) is 0 Å². The molecule has 9 heteroatoms. The van der Waals surface area contributed by atoms with Crippen LogP contribution in [0.15, 0.2) is 30.6 Å². The second-order valence-electron chi connectivity index (χ2n) is 7.96. The predicted octanol–water partition coefficient (Wildman–Crippen LogP) is 3.18. The van der Waals surface area contributed by atoms with Crippen molar-refractivity contribution >= 4 is 11.7 Å². The SMILES string of the molecule is CCCOc1cc(-c2cc(C)c3c(n2)CN(c2ccn(C4COC4)n2)C3=O)cnc1OC. The van der Waals surface area contributed by atoms with Crippen molar-refractivity contribution in [1.29, 1.82) is 0 Å². The molecule has 0 N–H and O–H groups in total. The number of methoxy groups -OCH3 is 1. The fourth-order valence-electron chi connectivity index (χ4n) is 3.93. The summed E-state index contributed by atoms with van der Waals surface area (Å²) in [6.07, 6.45) is 4.49. The van der Waals surface area contributed by atoms with Gasteiger partial charge in [-0.1, -0.05) is 6.92 Å². The lowest BCUT2D eigenvalue weighted by Crippen LogP contribution is -2.31. The summed E-state index contributed by atoms with van der Waals surface area (Å²) in [6, 6.07) is 5.90. The second kappa shape index (κ2) is 8.23. The van der Waals surface area contributed by atoms with Crippen molar-refractivity contribution in [3.05, 3.63) is 47.4 Å². The fraction of sp³-hybridized carbons (Fsp3) is 0.391. The van der Waals surface area contributed by atoms with Crippen molar-refractivity contribution in [2.24, 2.45) is 0 Å². The van der Waals surface area contributed by atoms with E-state index in [2.05, 4.69) is 10.1 Å². The van der Waals surface area contributed by atoms with E-state index in [0.29, 0.717) is 49.4 Å². The van der Waals surface area contributed by atoms with Crippen LogP contribution in [-0.4, -0.2) is 52.6 Å². The smallest absolute Gasteiger partial charge is 0.262 e. The van der Waals surface area contributed by atoms with Crippen molar-refractivity contribution in [3.63, 3.8) is 0 Å². The van der Waals surface area contributed by atoms with E-state index in [1.54, 1.807) is 18.2 Å². The number of aromatic nitrogens is 4. The van der Waals surface area contributed by atoms with E-state index in [-0.39, 0.29) is 11.9 Å². The van der Waals surface area contributed by atoms with E-state index in [1.807, 2.05) is 42.9 Å². The monoisotopic (exact) mass is 435 g/mol. The number of pyridine rings is 2. The molecule has 1 fully saturated rings. The third kappa shape index (κ3) is 3.48. The molecule has 3 aromatic rings. The summed E-state index contributed by atoms with van der Waals surface area (Å²) >= 11 is 0. The number of fused-ring (bicyclic) bond motifs is 1. The third-order valence-corrected chi connectivity index (χ3v) is 5.69. The predicted molar refractivity (Wildman–Crippen MR) is 117 cm³/mol. The Balaban J connectivity index is 1.45. The van der Waals surface area contributed by atoms with Crippen LogP contribution in [0.2, 0.25) is 0 Å². The van der Waals surface area contributed by atoms with Crippen LogP contribution in [0.1, 0.15) is 41.0 Å². The maximum absolute atomic E-state index is 13.1. The van der Waals surface area contributed by atoms with Crippen molar-refractivity contribution in [1.82, 2.24) is 19.7 Å². The minimum atomic E-state index is -0.0773. The minimum Gasteiger partial charge on any atom is -0.488 e. The minimum absolute atomic E-state index is 0.0773. The molecule has 0 spiro atoms. The molecule has 1 amide bonds. The van der Waals surface area contributed by atoms with Gasteiger partial charge >= 0.3 is 0 Å². The quantitative estimate of drug-likeness (QED) is 0.563. The fourth-order valence-corrected chi connectivity index (χ4v) is 3.93. The standard InChI is InChI=1S/C23H25N5O4/c1-4-7-32-19-9-15(10-24-22(19)30-3)17-8-14(2)21-18(25-17)11-27(23(21)29)20-5-6-28(26-20)16-12-31-13-16/h5-6,8-10,16H,4,7,11-13H2,1-3H3. The molecule has 2 aliphatic heterocycles. The summed E-state index contributed by atoms with van der Waals surface area (Å²) < 4.78 is 18.2. The molecule has 2 aliphatic rings. The van der Waals surface area contributed by atoms with Crippen LogP contribution < -0.4 is 14.4 Å². The lowest BCUT2D eigenvalue weighted by molar-refractivity contribution is -0.0285. The number of aryl methyl sites for hydroxylation is 1. The van der Waals surface area contributed by atoms with Crippen molar-refractivity contribution in [2.45, 2.75) is 32.9 Å². The molecule has 0 radical (unpaired) electrons. The zero-order valence-corrected chi connectivity index (χ0v) is 18.4. The lowest BCUT2D eigenvalue weighted by atomic mass is 10.1. The lowest BCUT2D eigenvalue weighted by Gasteiger charge is -2.26. The molecule has 0 saturated carbocycles. The highest BCUT2D eigenvalue weighted by atomic mass is 16.5. The number of carbonyl (C=O) groups is 1. The van der Waals surface area contributed by atoms with Crippen LogP contribution in [0, 0.1) is 6.92 Å². The van der Waals surface area contributed by atoms with Crippen LogP contribution in [0.5, 0.6) is 11.6 Å². The van der Waals surface area contributed by atoms with E-state index in [4.69, 9.17) is 19.2 Å². The Bertz CT molecular complexity index is 1170. The van der Waals surface area contributed by atoms with E-state index in [0.717, 1.165) is 28.9 Å². The Hall–Kier alpha value is -3.46. The van der Waals surface area contributed by atoms with E-state index < -0.39 is 0 Å². The van der Waals surface area contributed by atoms with Gasteiger partial charge in [-0.25, -0.2) is 4.98 Å². The van der Waals surface area contributed by atoms with Gasteiger partial charge in [0.1, 0.15) is 0 Å². The number of anilines is 1. The van der Waals surface area contributed by atoms with Crippen molar-refractivity contribution in [2.75, 3.05) is 31.8 Å². The zero-order valence-electron chi connectivity index (χ0n) is 18.4. The normalized spacial score (nSPS) is 15.6. The molecule has 5 rings (SSSR count). The summed E-state index contributed by atoms with van der Waals surface area (Å²) in [5.41, 5.74) is 3.79. The van der Waals surface area contributed by atoms with Gasteiger partial charge < -0.3 is 14.2 Å². The van der Waals surface area contributed by atoms with Crippen molar-refractivity contribution < 1.29 is 19.0 Å². The van der Waals surface area contributed by atoms with Crippen LogP contribution in [0.25, 0.3) is 11.3 Å². The first-order valence-electron chi connectivity index (χ1n) is 10.7. The molecule has 0 aromatic carbocycles. The highest BCUT2D eigenvalue weighted by Gasteiger charge is 2.34. The zero-order chi connectivity index (χ0) is 22.2. The highest BCUT2D eigenvalue weighted by Crippen LogP contribution is 2.34. The topological polar surface area (TPSA) is 91.6 Å². The Labute approximate surface area is 185 Å². The van der Waals surface area contributed by atoms with Crippen LogP contribution in [0.4, 0.5) is 5.82 Å². The summed E-state index contributed by atoms with van der Waals surface area (Å²) in [5.74, 6) is 1.57. The molecule has 166 valence electrons. The second-order valence-corrected chi connectivity index (χ2v) is 7.96. The molecule has 9 nitrogen and oxygen atoms in total. The summed E-state index contributed by atoms with van der Waals surface area (Å²) in [7, 11) is 1.57. The van der Waals surface area contributed by atoms with Gasteiger partial charge in [-0.3, -0.25) is 19.4 Å². The van der Waals surface area contributed by atoms with Gasteiger partial charge in [0.15, 0.2) is 11.6 Å². The summed E-state index contributed by atoms with van der Waals surface area (Å²) in [4.78, 5) is 24.0. The van der Waals surface area contributed by atoms with Gasteiger partial charge in [0.05, 0.1) is 56.5 Å². The van der Waals surface area contributed by atoms with Crippen LogP contribution in [-0.2, 0) is 11.3 Å². The van der Waals surface area contributed by atoms with Gasteiger partial charge in [-0.05, 0) is 31.0 Å². The van der Waals surface area contributed by atoms with Gasteiger partial charge in [0.2, 0.25) is 0 Å². The average molecular weight is 435 g/mol. The van der Waals surface area contributed by atoms with Crippen LogP contribution in [0.3, 0.4) is 0 Å². The van der Waals surface area contributed by atoms with E-state index in [1.165, 1.54) is 0 Å². The molecule has 5 heterocycles. The maximum atomic E-state index is 13.1. The number of rotatable bonds is 7. The van der Waals surface area contributed by atoms with Gasteiger partial charge in [0.25, 0.3) is 11.8 Å². The number of nitrogens with zero attached hydrogens (tertiary/aromatic N) is 5. The Morgan fingerprint density at radius 2 is 2.12 bits per heavy atom. The average Bonchev–Trinajstić information content (AvgIpc) is 3.35. The third-order valence-electron chi connectivity index (χ3n) is 5.69. The molecule has 32 heavy (non-hydrogen) atoms. The number of amides is 1. The molecular weight excluding hydrogens is 410 g/mol. The number of hydrogen-bond acceptors (Lipinski definition) is 7. The number of carbonyl (C=O) groups excluding carboxylic acids is 1.